The second kappa shape index (κ2) is 5.34. The molecule has 0 saturated carbocycles. The number of hydrogen-bond acceptors (Lipinski definition) is 4. The van der Waals surface area contributed by atoms with Crippen LogP contribution in [0.25, 0.3) is 21.9 Å². The summed E-state index contributed by atoms with van der Waals surface area (Å²) in [6.07, 6.45) is 0.300. The number of aliphatic carboxylic acids is 1. The first-order valence-corrected chi connectivity index (χ1v) is 7.35. The third kappa shape index (κ3) is 2.36. The number of benzene rings is 1. The summed E-state index contributed by atoms with van der Waals surface area (Å²) in [5, 5.41) is 10.9. The SMILES string of the molecule is Cc1cc2c(C(N)CCC(=O)O)c3oc(C)cc3c(Cl)c2o1. The van der Waals surface area contributed by atoms with Gasteiger partial charge in [0.1, 0.15) is 17.1 Å². The molecular formula is C16H16ClNO4. The van der Waals surface area contributed by atoms with E-state index >= 15 is 0 Å². The minimum absolute atomic E-state index is 0.0106. The van der Waals surface area contributed by atoms with Crippen LogP contribution in [0.1, 0.15) is 36.0 Å². The van der Waals surface area contributed by atoms with E-state index in [1.54, 1.807) is 0 Å². The molecule has 22 heavy (non-hydrogen) atoms. The van der Waals surface area contributed by atoms with Crippen molar-refractivity contribution in [1.82, 2.24) is 0 Å². The Bertz CT molecular complexity index is 820. The van der Waals surface area contributed by atoms with Crippen LogP contribution in [0.4, 0.5) is 0 Å². The molecule has 1 aromatic carbocycles. The Morgan fingerprint density at radius 2 is 1.82 bits per heavy atom. The number of nitrogens with two attached hydrogens (primary N) is 1. The molecule has 3 rings (SSSR count). The van der Waals surface area contributed by atoms with Crippen molar-refractivity contribution >= 4 is 39.5 Å². The third-order valence-corrected chi connectivity index (χ3v) is 4.10. The van der Waals surface area contributed by atoms with Crippen LogP contribution in [0.3, 0.4) is 0 Å². The average molecular weight is 322 g/mol. The lowest BCUT2D eigenvalue weighted by molar-refractivity contribution is -0.137. The molecule has 0 aliphatic rings. The highest BCUT2D eigenvalue weighted by Crippen LogP contribution is 2.42. The number of carboxylic acid groups (broad SMARTS) is 1. The van der Waals surface area contributed by atoms with Gasteiger partial charge >= 0.3 is 5.97 Å². The fraction of sp³-hybridized carbons (Fsp3) is 0.312. The van der Waals surface area contributed by atoms with Crippen molar-refractivity contribution in [1.29, 1.82) is 0 Å². The molecule has 0 amide bonds. The molecule has 2 heterocycles. The van der Waals surface area contributed by atoms with E-state index in [9.17, 15) is 4.79 Å². The Labute approximate surface area is 131 Å². The lowest BCUT2D eigenvalue weighted by Crippen LogP contribution is -2.13. The maximum Gasteiger partial charge on any atom is 0.303 e. The highest BCUT2D eigenvalue weighted by Gasteiger charge is 2.23. The Morgan fingerprint density at radius 1 is 1.23 bits per heavy atom. The summed E-state index contributed by atoms with van der Waals surface area (Å²) in [7, 11) is 0. The highest BCUT2D eigenvalue weighted by atomic mass is 35.5. The summed E-state index contributed by atoms with van der Waals surface area (Å²) < 4.78 is 11.5. The minimum Gasteiger partial charge on any atom is -0.481 e. The van der Waals surface area contributed by atoms with Crippen molar-refractivity contribution in [2.45, 2.75) is 32.7 Å². The molecule has 3 aromatic rings. The van der Waals surface area contributed by atoms with Crippen molar-refractivity contribution in [2.75, 3.05) is 0 Å². The quantitative estimate of drug-likeness (QED) is 0.747. The molecular weight excluding hydrogens is 306 g/mol. The molecule has 0 saturated heterocycles. The molecule has 0 radical (unpaired) electrons. The molecule has 0 spiro atoms. The molecule has 2 aromatic heterocycles. The van der Waals surface area contributed by atoms with E-state index in [1.165, 1.54) is 0 Å². The summed E-state index contributed by atoms with van der Waals surface area (Å²) >= 11 is 6.42. The largest absolute Gasteiger partial charge is 0.481 e. The number of fused-ring (bicyclic) bond motifs is 2. The zero-order valence-corrected chi connectivity index (χ0v) is 13.0. The van der Waals surface area contributed by atoms with Crippen molar-refractivity contribution in [3.63, 3.8) is 0 Å². The molecule has 1 unspecified atom stereocenters. The second-order valence-corrected chi connectivity index (χ2v) is 5.84. The normalized spacial score (nSPS) is 13.1. The zero-order chi connectivity index (χ0) is 16.0. The number of furan rings is 2. The summed E-state index contributed by atoms with van der Waals surface area (Å²) in [6, 6.07) is 3.22. The molecule has 0 fully saturated rings. The predicted molar refractivity (Wildman–Crippen MR) is 84.3 cm³/mol. The van der Waals surface area contributed by atoms with E-state index in [1.807, 2.05) is 26.0 Å². The van der Waals surface area contributed by atoms with Crippen LogP contribution in [-0.2, 0) is 4.79 Å². The van der Waals surface area contributed by atoms with Gasteiger partial charge < -0.3 is 19.7 Å². The first-order chi connectivity index (χ1) is 10.4. The van der Waals surface area contributed by atoms with Gasteiger partial charge in [0.25, 0.3) is 0 Å². The van der Waals surface area contributed by atoms with Crippen LogP contribution in [0.2, 0.25) is 5.02 Å². The van der Waals surface area contributed by atoms with Gasteiger partial charge in [-0.2, -0.15) is 0 Å². The van der Waals surface area contributed by atoms with Crippen LogP contribution in [0.15, 0.2) is 21.0 Å². The van der Waals surface area contributed by atoms with Crippen molar-refractivity contribution in [3.05, 3.63) is 34.2 Å². The minimum atomic E-state index is -0.879. The zero-order valence-electron chi connectivity index (χ0n) is 12.3. The topological polar surface area (TPSA) is 89.6 Å². The van der Waals surface area contributed by atoms with Crippen LogP contribution in [0.5, 0.6) is 0 Å². The van der Waals surface area contributed by atoms with Gasteiger partial charge in [-0.1, -0.05) is 11.6 Å². The molecule has 5 nitrogen and oxygen atoms in total. The fourth-order valence-corrected chi connectivity index (χ4v) is 3.07. The van der Waals surface area contributed by atoms with Crippen LogP contribution < -0.4 is 5.73 Å². The van der Waals surface area contributed by atoms with E-state index in [0.717, 1.165) is 16.3 Å². The van der Waals surface area contributed by atoms with Crippen molar-refractivity contribution in [3.8, 4) is 0 Å². The predicted octanol–water partition coefficient (Wildman–Crippen LogP) is 4.31. The summed E-state index contributed by atoms with van der Waals surface area (Å²) in [4.78, 5) is 10.8. The van der Waals surface area contributed by atoms with Gasteiger partial charge in [-0.3, -0.25) is 4.79 Å². The maximum absolute atomic E-state index is 10.8. The molecule has 6 heteroatoms. The van der Waals surface area contributed by atoms with Crippen molar-refractivity contribution < 1.29 is 18.7 Å². The molecule has 3 N–H and O–H groups in total. The fourth-order valence-electron chi connectivity index (χ4n) is 2.79. The lowest BCUT2D eigenvalue weighted by atomic mass is 9.97. The number of halogens is 1. The van der Waals surface area contributed by atoms with E-state index in [2.05, 4.69) is 0 Å². The van der Waals surface area contributed by atoms with Crippen LogP contribution in [-0.4, -0.2) is 11.1 Å². The first-order valence-electron chi connectivity index (χ1n) is 6.97. The number of carboxylic acids is 1. The molecule has 0 aliphatic carbocycles. The van der Waals surface area contributed by atoms with Gasteiger partial charge in [0.05, 0.1) is 5.02 Å². The Morgan fingerprint density at radius 3 is 2.45 bits per heavy atom. The molecule has 116 valence electrons. The van der Waals surface area contributed by atoms with Crippen LogP contribution >= 0.6 is 11.6 Å². The second-order valence-electron chi connectivity index (χ2n) is 5.47. The average Bonchev–Trinajstić information content (AvgIpc) is 2.99. The van der Waals surface area contributed by atoms with E-state index < -0.39 is 12.0 Å². The Kier molecular flexibility index (Phi) is 3.62. The van der Waals surface area contributed by atoms with Gasteiger partial charge in [-0.05, 0) is 32.4 Å². The standard InChI is InChI=1S/C16H16ClNO4/c1-7-5-9-13(11(18)3-4-12(19)20)15-10(6-8(2)21-15)14(17)16(9)22-7/h5-6,11H,3-4,18H2,1-2H3,(H,19,20). The van der Waals surface area contributed by atoms with Gasteiger partial charge in [-0.25, -0.2) is 0 Å². The lowest BCUT2D eigenvalue weighted by Gasteiger charge is -2.13. The molecule has 0 aliphatic heterocycles. The van der Waals surface area contributed by atoms with Crippen LogP contribution in [0, 0.1) is 13.8 Å². The van der Waals surface area contributed by atoms with Gasteiger partial charge in [0.15, 0.2) is 5.58 Å². The number of hydrogen-bond donors (Lipinski definition) is 2. The maximum atomic E-state index is 10.8. The number of rotatable bonds is 4. The van der Waals surface area contributed by atoms with E-state index in [-0.39, 0.29) is 6.42 Å². The number of carbonyl (C=O) groups is 1. The first kappa shape index (κ1) is 14.9. The summed E-state index contributed by atoms with van der Waals surface area (Å²) in [5.74, 6) is 0.553. The Hall–Kier alpha value is -1.98. The third-order valence-electron chi connectivity index (χ3n) is 3.72. The molecule has 1 atom stereocenters. The highest BCUT2D eigenvalue weighted by molar-refractivity contribution is 6.40. The summed E-state index contributed by atoms with van der Waals surface area (Å²) in [5.41, 5.74) is 8.15. The number of aryl methyl sites for hydroxylation is 2. The Balaban J connectivity index is 2.27. The monoisotopic (exact) mass is 321 g/mol. The summed E-state index contributed by atoms with van der Waals surface area (Å²) in [6.45, 7) is 3.66. The van der Waals surface area contributed by atoms with Gasteiger partial charge in [0.2, 0.25) is 0 Å². The van der Waals surface area contributed by atoms with E-state index in [0.29, 0.717) is 34.1 Å². The van der Waals surface area contributed by atoms with Gasteiger partial charge in [0, 0.05) is 28.8 Å². The van der Waals surface area contributed by atoms with E-state index in [4.69, 9.17) is 31.3 Å². The van der Waals surface area contributed by atoms with Crippen molar-refractivity contribution in [2.24, 2.45) is 5.73 Å². The van der Waals surface area contributed by atoms with Gasteiger partial charge in [-0.15, -0.1) is 0 Å². The smallest absolute Gasteiger partial charge is 0.303 e. The molecule has 0 bridgehead atoms.